The molecular weight excluding hydrogens is 264 g/mol. The van der Waals surface area contributed by atoms with Gasteiger partial charge in [-0.15, -0.1) is 0 Å². The van der Waals surface area contributed by atoms with Gasteiger partial charge in [0.05, 0.1) is 0 Å². The number of carboxylic acids is 1. The fourth-order valence-electron chi connectivity index (χ4n) is 3.27. The third-order valence-corrected chi connectivity index (χ3v) is 4.38. The zero-order valence-corrected chi connectivity index (χ0v) is 11.2. The second-order valence-corrected chi connectivity index (χ2v) is 5.59. The summed E-state index contributed by atoms with van der Waals surface area (Å²) in [5, 5.41) is 8.88. The molecule has 0 bridgehead atoms. The summed E-state index contributed by atoms with van der Waals surface area (Å²) >= 11 is 0. The molecule has 0 aromatic carbocycles. The highest BCUT2D eigenvalue weighted by atomic mass is 16.5. The number of hydrogen-bond acceptors (Lipinski definition) is 4. The maximum absolute atomic E-state index is 12.3. The Morgan fingerprint density at radius 1 is 1.15 bits per heavy atom. The van der Waals surface area contributed by atoms with E-state index in [0.717, 1.165) is 6.42 Å². The Bertz CT molecular complexity index is 452. The van der Waals surface area contributed by atoms with Crippen LogP contribution in [-0.4, -0.2) is 70.6 Å². The lowest BCUT2D eigenvalue weighted by atomic mass is 10.1. The van der Waals surface area contributed by atoms with Crippen molar-refractivity contribution in [3.05, 3.63) is 0 Å². The first-order valence-electron chi connectivity index (χ1n) is 7.03. The molecule has 20 heavy (non-hydrogen) atoms. The summed E-state index contributed by atoms with van der Waals surface area (Å²) in [4.78, 5) is 38.3. The maximum Gasteiger partial charge on any atom is 0.332 e. The molecule has 3 heterocycles. The normalized spacial score (nSPS) is 33.4. The molecule has 0 spiro atoms. The Morgan fingerprint density at radius 3 is 2.60 bits per heavy atom. The van der Waals surface area contributed by atoms with Crippen LogP contribution >= 0.6 is 0 Å². The first-order valence-corrected chi connectivity index (χ1v) is 7.03. The Balaban J connectivity index is 1.59. The van der Waals surface area contributed by atoms with Crippen LogP contribution in [0.25, 0.3) is 0 Å². The van der Waals surface area contributed by atoms with Crippen molar-refractivity contribution in [1.29, 1.82) is 0 Å². The zero-order chi connectivity index (χ0) is 14.3. The topological polar surface area (TPSA) is 87.2 Å². The van der Waals surface area contributed by atoms with Gasteiger partial charge in [0.2, 0.25) is 5.91 Å². The summed E-state index contributed by atoms with van der Waals surface area (Å²) in [6.07, 6.45) is 0.699. The summed E-state index contributed by atoms with van der Waals surface area (Å²) in [7, 11) is 0. The van der Waals surface area contributed by atoms with Crippen LogP contribution in [0.4, 0.5) is 0 Å². The van der Waals surface area contributed by atoms with Crippen LogP contribution in [0.5, 0.6) is 0 Å². The highest BCUT2D eigenvalue weighted by molar-refractivity contribution is 5.84. The van der Waals surface area contributed by atoms with Gasteiger partial charge in [0, 0.05) is 32.1 Å². The van der Waals surface area contributed by atoms with Gasteiger partial charge in [0.25, 0.3) is 5.91 Å². The molecule has 0 saturated carbocycles. The fraction of sp³-hybridized carbons (Fsp3) is 0.769. The molecule has 3 aliphatic rings. The third kappa shape index (κ3) is 2.26. The molecule has 0 aliphatic carbocycles. The molecule has 0 aromatic heterocycles. The minimum atomic E-state index is -1.01. The minimum Gasteiger partial charge on any atom is -0.479 e. The molecule has 1 N–H and O–H groups in total. The third-order valence-electron chi connectivity index (χ3n) is 4.38. The van der Waals surface area contributed by atoms with Crippen LogP contribution in [-0.2, 0) is 19.1 Å². The van der Waals surface area contributed by atoms with Crippen molar-refractivity contribution < 1.29 is 24.2 Å². The van der Waals surface area contributed by atoms with Gasteiger partial charge < -0.3 is 19.6 Å². The highest BCUT2D eigenvalue weighted by Crippen LogP contribution is 2.26. The van der Waals surface area contributed by atoms with E-state index in [0.29, 0.717) is 38.9 Å². The molecule has 3 rings (SSSR count). The molecule has 3 saturated heterocycles. The van der Waals surface area contributed by atoms with Crippen molar-refractivity contribution in [2.24, 2.45) is 0 Å². The number of ether oxygens (including phenoxy) is 1. The number of aliphatic carboxylic acids is 1. The Hall–Kier alpha value is -1.63. The van der Waals surface area contributed by atoms with Gasteiger partial charge in [-0.25, -0.2) is 4.79 Å². The van der Waals surface area contributed by atoms with E-state index in [4.69, 9.17) is 9.84 Å². The lowest BCUT2D eigenvalue weighted by Crippen LogP contribution is -2.55. The number of hydrogen-bond donors (Lipinski definition) is 1. The average molecular weight is 282 g/mol. The van der Waals surface area contributed by atoms with E-state index < -0.39 is 18.2 Å². The summed E-state index contributed by atoms with van der Waals surface area (Å²) in [6, 6.07) is 0.122. The number of amides is 2. The van der Waals surface area contributed by atoms with Gasteiger partial charge >= 0.3 is 5.97 Å². The Labute approximate surface area is 116 Å². The van der Waals surface area contributed by atoms with E-state index in [2.05, 4.69) is 0 Å². The van der Waals surface area contributed by atoms with Crippen molar-refractivity contribution in [1.82, 2.24) is 9.80 Å². The smallest absolute Gasteiger partial charge is 0.332 e. The summed E-state index contributed by atoms with van der Waals surface area (Å²) < 4.78 is 5.30. The number of carboxylic acid groups (broad SMARTS) is 1. The second kappa shape index (κ2) is 5.05. The number of piperazine rings is 1. The number of nitrogens with zero attached hydrogens (tertiary/aromatic N) is 2. The second-order valence-electron chi connectivity index (χ2n) is 5.59. The fourth-order valence-corrected chi connectivity index (χ4v) is 3.27. The van der Waals surface area contributed by atoms with Crippen LogP contribution < -0.4 is 0 Å². The van der Waals surface area contributed by atoms with E-state index in [1.165, 1.54) is 0 Å². The molecule has 3 aliphatic heterocycles. The summed E-state index contributed by atoms with van der Waals surface area (Å²) in [5.41, 5.74) is 0. The minimum absolute atomic E-state index is 0.122. The van der Waals surface area contributed by atoms with E-state index >= 15 is 0 Å². The van der Waals surface area contributed by atoms with E-state index in [-0.39, 0.29) is 17.9 Å². The zero-order valence-electron chi connectivity index (χ0n) is 11.2. The largest absolute Gasteiger partial charge is 0.479 e. The molecule has 2 amide bonds. The molecule has 0 aromatic rings. The standard InChI is InChI=1S/C13H18N2O5/c16-11-4-1-8-7-14(5-6-15(8)11)12(17)9-2-3-10(20-9)13(18)19/h8-10H,1-7H2,(H,18,19)/t8?,9-,10+/m0/s1. The first kappa shape index (κ1) is 13.4. The van der Waals surface area contributed by atoms with Crippen LogP contribution in [0, 0.1) is 0 Å². The van der Waals surface area contributed by atoms with E-state index in [1.807, 2.05) is 4.90 Å². The average Bonchev–Trinajstić information content (AvgIpc) is 3.05. The maximum atomic E-state index is 12.3. The van der Waals surface area contributed by atoms with Crippen molar-refractivity contribution in [3.63, 3.8) is 0 Å². The Morgan fingerprint density at radius 2 is 1.90 bits per heavy atom. The van der Waals surface area contributed by atoms with E-state index in [1.54, 1.807) is 4.90 Å². The predicted molar refractivity (Wildman–Crippen MR) is 66.8 cm³/mol. The first-order chi connectivity index (χ1) is 9.56. The molecule has 110 valence electrons. The monoisotopic (exact) mass is 282 g/mol. The van der Waals surface area contributed by atoms with Crippen molar-refractivity contribution in [2.45, 2.75) is 43.9 Å². The van der Waals surface area contributed by atoms with Gasteiger partial charge in [-0.2, -0.15) is 0 Å². The summed E-state index contributed by atoms with van der Waals surface area (Å²) in [5.74, 6) is -0.968. The van der Waals surface area contributed by atoms with Gasteiger partial charge in [0.1, 0.15) is 6.10 Å². The predicted octanol–water partition coefficient (Wildman–Crippen LogP) is -0.548. The van der Waals surface area contributed by atoms with Gasteiger partial charge in [0.15, 0.2) is 6.10 Å². The van der Waals surface area contributed by atoms with Crippen molar-refractivity contribution in [2.75, 3.05) is 19.6 Å². The number of carbonyl (C=O) groups is 3. The van der Waals surface area contributed by atoms with Gasteiger partial charge in [-0.1, -0.05) is 0 Å². The number of rotatable bonds is 2. The molecule has 7 heteroatoms. The summed E-state index contributed by atoms with van der Waals surface area (Å²) in [6.45, 7) is 1.63. The molecule has 7 nitrogen and oxygen atoms in total. The number of fused-ring (bicyclic) bond motifs is 1. The van der Waals surface area contributed by atoms with Crippen molar-refractivity contribution in [3.8, 4) is 0 Å². The number of carbonyl (C=O) groups excluding carboxylic acids is 2. The van der Waals surface area contributed by atoms with Crippen LogP contribution in [0.15, 0.2) is 0 Å². The molecule has 1 unspecified atom stereocenters. The molecule has 3 atom stereocenters. The lowest BCUT2D eigenvalue weighted by Gasteiger charge is -2.38. The van der Waals surface area contributed by atoms with Crippen molar-refractivity contribution >= 4 is 17.8 Å². The highest BCUT2D eigenvalue weighted by Gasteiger charge is 2.41. The van der Waals surface area contributed by atoms with Crippen LogP contribution in [0.2, 0.25) is 0 Å². The molecule has 3 fully saturated rings. The van der Waals surface area contributed by atoms with Gasteiger partial charge in [-0.3, -0.25) is 9.59 Å². The Kier molecular flexibility index (Phi) is 3.37. The van der Waals surface area contributed by atoms with E-state index in [9.17, 15) is 14.4 Å². The SMILES string of the molecule is O=C(O)[C@H]1CC[C@@H](C(=O)N2CCN3C(=O)CCC3C2)O1. The molecular formula is C13H18N2O5. The van der Waals surface area contributed by atoms with Gasteiger partial charge in [-0.05, 0) is 19.3 Å². The van der Waals surface area contributed by atoms with Crippen LogP contribution in [0.1, 0.15) is 25.7 Å². The lowest BCUT2D eigenvalue weighted by molar-refractivity contribution is -0.156. The van der Waals surface area contributed by atoms with Crippen LogP contribution in [0.3, 0.4) is 0 Å². The quantitative estimate of drug-likeness (QED) is 0.734. The molecule has 0 radical (unpaired) electrons.